The fraction of sp³-hybridized carbons (Fsp3) is 0.833. The van der Waals surface area contributed by atoms with Crippen molar-refractivity contribution >= 4 is 11.9 Å². The standard InChI is InChI=1S/C12H21NO3/c1-8(2)9(14)12(6-7-12)13-10(15)16-11(3,4)5/h8H,6-7H2,1-5H3,(H,13,15). The van der Waals surface area contributed by atoms with Crippen molar-refractivity contribution in [3.63, 3.8) is 0 Å². The van der Waals surface area contributed by atoms with Gasteiger partial charge in [0.25, 0.3) is 0 Å². The van der Waals surface area contributed by atoms with Crippen molar-refractivity contribution in [2.45, 2.75) is 58.6 Å². The largest absolute Gasteiger partial charge is 0.444 e. The maximum atomic E-state index is 11.9. The highest BCUT2D eigenvalue weighted by Crippen LogP contribution is 2.38. The molecule has 0 aromatic carbocycles. The zero-order valence-corrected chi connectivity index (χ0v) is 10.7. The molecule has 0 radical (unpaired) electrons. The van der Waals surface area contributed by atoms with Crippen LogP contribution in [-0.4, -0.2) is 23.0 Å². The van der Waals surface area contributed by atoms with Crippen molar-refractivity contribution in [2.75, 3.05) is 0 Å². The van der Waals surface area contributed by atoms with E-state index in [0.29, 0.717) is 0 Å². The predicted molar refractivity (Wildman–Crippen MR) is 61.2 cm³/mol. The quantitative estimate of drug-likeness (QED) is 0.804. The van der Waals surface area contributed by atoms with E-state index in [0.717, 1.165) is 12.8 Å². The first-order valence-electron chi connectivity index (χ1n) is 5.72. The molecule has 1 saturated carbocycles. The van der Waals surface area contributed by atoms with Crippen LogP contribution in [0.5, 0.6) is 0 Å². The Hall–Kier alpha value is -1.06. The summed E-state index contributed by atoms with van der Waals surface area (Å²) in [4.78, 5) is 23.4. The van der Waals surface area contributed by atoms with E-state index < -0.39 is 17.2 Å². The average molecular weight is 227 g/mol. The Balaban J connectivity index is 2.55. The van der Waals surface area contributed by atoms with E-state index in [2.05, 4.69) is 5.32 Å². The van der Waals surface area contributed by atoms with Gasteiger partial charge in [-0.2, -0.15) is 0 Å². The summed E-state index contributed by atoms with van der Waals surface area (Å²) in [6.07, 6.45) is 0.950. The van der Waals surface area contributed by atoms with Crippen LogP contribution >= 0.6 is 0 Å². The van der Waals surface area contributed by atoms with Crippen molar-refractivity contribution in [2.24, 2.45) is 5.92 Å². The zero-order valence-electron chi connectivity index (χ0n) is 10.7. The summed E-state index contributed by atoms with van der Waals surface area (Å²) in [7, 11) is 0. The predicted octanol–water partition coefficient (Wildman–Crippen LogP) is 2.27. The number of carbonyl (C=O) groups is 2. The number of nitrogens with one attached hydrogen (secondary N) is 1. The maximum absolute atomic E-state index is 11.9. The van der Waals surface area contributed by atoms with Gasteiger partial charge in [-0.3, -0.25) is 4.79 Å². The fourth-order valence-electron chi connectivity index (χ4n) is 1.61. The summed E-state index contributed by atoms with van der Waals surface area (Å²) in [6.45, 7) is 9.10. The van der Waals surface area contributed by atoms with E-state index in [1.165, 1.54) is 0 Å². The maximum Gasteiger partial charge on any atom is 0.408 e. The van der Waals surface area contributed by atoms with Crippen LogP contribution in [0.3, 0.4) is 0 Å². The molecule has 0 unspecified atom stereocenters. The van der Waals surface area contributed by atoms with Crippen LogP contribution in [0.4, 0.5) is 4.79 Å². The number of alkyl carbamates (subject to hydrolysis) is 1. The lowest BCUT2D eigenvalue weighted by molar-refractivity contribution is -0.125. The molecule has 16 heavy (non-hydrogen) atoms. The van der Waals surface area contributed by atoms with E-state index in [9.17, 15) is 9.59 Å². The molecule has 4 heteroatoms. The molecule has 0 saturated heterocycles. The van der Waals surface area contributed by atoms with Crippen LogP contribution in [0, 0.1) is 5.92 Å². The Morgan fingerprint density at radius 2 is 1.75 bits per heavy atom. The molecular formula is C12H21NO3. The molecule has 92 valence electrons. The van der Waals surface area contributed by atoms with E-state index in [4.69, 9.17) is 4.74 Å². The minimum atomic E-state index is -0.642. The van der Waals surface area contributed by atoms with Crippen LogP contribution < -0.4 is 5.32 Å². The Bertz CT molecular complexity index is 298. The molecule has 0 bridgehead atoms. The van der Waals surface area contributed by atoms with Crippen molar-refractivity contribution in [3.05, 3.63) is 0 Å². The highest BCUT2D eigenvalue weighted by atomic mass is 16.6. The first-order valence-corrected chi connectivity index (χ1v) is 5.72. The van der Waals surface area contributed by atoms with Gasteiger partial charge in [-0.05, 0) is 33.6 Å². The molecule has 1 N–H and O–H groups in total. The SMILES string of the molecule is CC(C)C(=O)C1(NC(=O)OC(C)(C)C)CC1. The van der Waals surface area contributed by atoms with E-state index in [1.54, 1.807) is 20.8 Å². The number of hydrogen-bond acceptors (Lipinski definition) is 3. The van der Waals surface area contributed by atoms with Crippen LogP contribution in [-0.2, 0) is 9.53 Å². The van der Waals surface area contributed by atoms with Crippen LogP contribution in [0.15, 0.2) is 0 Å². The molecular weight excluding hydrogens is 206 g/mol. The average Bonchev–Trinajstić information content (AvgIpc) is 2.80. The van der Waals surface area contributed by atoms with Gasteiger partial charge in [0.15, 0.2) is 5.78 Å². The zero-order chi connectivity index (χ0) is 12.6. The Kier molecular flexibility index (Phi) is 3.31. The minimum Gasteiger partial charge on any atom is -0.444 e. The monoisotopic (exact) mass is 227 g/mol. The van der Waals surface area contributed by atoms with Gasteiger partial charge < -0.3 is 10.1 Å². The number of ether oxygens (including phenoxy) is 1. The highest BCUT2D eigenvalue weighted by Gasteiger charge is 2.52. The van der Waals surface area contributed by atoms with Gasteiger partial charge in [-0.15, -0.1) is 0 Å². The van der Waals surface area contributed by atoms with E-state index >= 15 is 0 Å². The third kappa shape index (κ3) is 3.22. The number of carbonyl (C=O) groups excluding carboxylic acids is 2. The smallest absolute Gasteiger partial charge is 0.408 e. The van der Waals surface area contributed by atoms with Gasteiger partial charge >= 0.3 is 6.09 Å². The van der Waals surface area contributed by atoms with Crippen LogP contribution in [0.25, 0.3) is 0 Å². The molecule has 1 rings (SSSR count). The Morgan fingerprint density at radius 1 is 1.25 bits per heavy atom. The van der Waals surface area contributed by atoms with Gasteiger partial charge in [-0.1, -0.05) is 13.8 Å². The molecule has 1 aliphatic carbocycles. The highest BCUT2D eigenvalue weighted by molar-refractivity contribution is 5.95. The summed E-state index contributed by atoms with van der Waals surface area (Å²) in [5.74, 6) is 0.0378. The summed E-state index contributed by atoms with van der Waals surface area (Å²) < 4.78 is 5.14. The number of rotatable bonds is 3. The molecule has 0 heterocycles. The van der Waals surface area contributed by atoms with Crippen LogP contribution in [0.2, 0.25) is 0 Å². The van der Waals surface area contributed by atoms with E-state index in [-0.39, 0.29) is 11.7 Å². The third-order valence-electron chi connectivity index (χ3n) is 2.49. The lowest BCUT2D eigenvalue weighted by Crippen LogP contribution is -2.46. The van der Waals surface area contributed by atoms with Crippen molar-refractivity contribution in [3.8, 4) is 0 Å². The molecule has 1 aliphatic rings. The van der Waals surface area contributed by atoms with Gasteiger partial charge in [0.05, 0.1) is 0 Å². The normalized spacial score (nSPS) is 18.1. The molecule has 1 fully saturated rings. The molecule has 0 atom stereocenters. The minimum absolute atomic E-state index is 0.0579. The first-order chi connectivity index (χ1) is 7.16. The molecule has 4 nitrogen and oxygen atoms in total. The molecule has 0 aliphatic heterocycles. The Labute approximate surface area is 96.7 Å². The number of amides is 1. The first kappa shape index (κ1) is 13.0. The molecule has 1 amide bonds. The van der Waals surface area contributed by atoms with Gasteiger partial charge in [0.2, 0.25) is 0 Å². The summed E-state index contributed by atoms with van der Waals surface area (Å²) in [5, 5.41) is 2.69. The van der Waals surface area contributed by atoms with Crippen molar-refractivity contribution in [1.82, 2.24) is 5.32 Å². The molecule has 0 spiro atoms. The number of ketones is 1. The number of hydrogen-bond donors (Lipinski definition) is 1. The Morgan fingerprint density at radius 3 is 2.06 bits per heavy atom. The summed E-state index contributed by atoms with van der Waals surface area (Å²) >= 11 is 0. The van der Waals surface area contributed by atoms with E-state index in [1.807, 2.05) is 13.8 Å². The third-order valence-corrected chi connectivity index (χ3v) is 2.49. The van der Waals surface area contributed by atoms with Gasteiger partial charge in [-0.25, -0.2) is 4.79 Å². The summed E-state index contributed by atoms with van der Waals surface area (Å²) in [5.41, 5.74) is -1.17. The van der Waals surface area contributed by atoms with Crippen molar-refractivity contribution < 1.29 is 14.3 Å². The topological polar surface area (TPSA) is 55.4 Å². The van der Waals surface area contributed by atoms with Gasteiger partial charge in [0.1, 0.15) is 11.1 Å². The van der Waals surface area contributed by atoms with Gasteiger partial charge in [0, 0.05) is 5.92 Å². The van der Waals surface area contributed by atoms with Crippen LogP contribution in [0.1, 0.15) is 47.5 Å². The second kappa shape index (κ2) is 4.07. The number of Topliss-reactive ketones (excluding diaryl/α,β-unsaturated/α-hetero) is 1. The molecule has 0 aromatic rings. The lowest BCUT2D eigenvalue weighted by Gasteiger charge is -2.23. The lowest BCUT2D eigenvalue weighted by atomic mass is 10.00. The summed E-state index contributed by atoms with van der Waals surface area (Å²) in [6, 6.07) is 0. The fourth-order valence-corrected chi connectivity index (χ4v) is 1.61. The molecule has 0 aromatic heterocycles. The second-order valence-corrected chi connectivity index (χ2v) is 5.73. The second-order valence-electron chi connectivity index (χ2n) is 5.73. The van der Waals surface area contributed by atoms with Crippen molar-refractivity contribution in [1.29, 1.82) is 0 Å².